The van der Waals surface area contributed by atoms with E-state index in [1.165, 1.54) is 0 Å². The Labute approximate surface area is 176 Å². The fourth-order valence-corrected chi connectivity index (χ4v) is 0. The molecule has 0 aliphatic rings. The molecule has 0 saturated heterocycles. The molecular formula is C20H50O5V. The summed E-state index contributed by atoms with van der Waals surface area (Å²) in [5.74, 6) is 2.20. The van der Waals surface area contributed by atoms with E-state index in [4.69, 9.17) is 25.5 Å². The Morgan fingerprint density at radius 1 is 0.346 bits per heavy atom. The van der Waals surface area contributed by atoms with Gasteiger partial charge in [0.1, 0.15) is 0 Å². The molecule has 0 rings (SSSR count). The largest absolute Gasteiger partial charge is 0.396 e. The van der Waals surface area contributed by atoms with Gasteiger partial charge in [0.25, 0.3) is 0 Å². The van der Waals surface area contributed by atoms with Gasteiger partial charge >= 0.3 is 0 Å². The van der Waals surface area contributed by atoms with Gasteiger partial charge in [0.2, 0.25) is 0 Å². The van der Waals surface area contributed by atoms with Crippen LogP contribution in [-0.2, 0) is 18.6 Å². The van der Waals surface area contributed by atoms with Crippen molar-refractivity contribution in [2.24, 2.45) is 29.6 Å². The van der Waals surface area contributed by atoms with Gasteiger partial charge in [0.05, 0.1) is 0 Å². The van der Waals surface area contributed by atoms with Gasteiger partial charge in [-0.05, 0) is 29.6 Å². The zero-order valence-electron chi connectivity index (χ0n) is 19.1. The van der Waals surface area contributed by atoms with Crippen molar-refractivity contribution in [2.75, 3.05) is 33.0 Å². The molecule has 0 heterocycles. The van der Waals surface area contributed by atoms with Crippen molar-refractivity contribution in [3.05, 3.63) is 0 Å². The molecule has 0 aliphatic carbocycles. The van der Waals surface area contributed by atoms with Crippen LogP contribution >= 0.6 is 0 Å². The summed E-state index contributed by atoms with van der Waals surface area (Å²) in [4.78, 5) is 0. The first-order valence-electron chi connectivity index (χ1n) is 9.40. The van der Waals surface area contributed by atoms with E-state index >= 15 is 0 Å². The predicted octanol–water partition coefficient (Wildman–Crippen LogP) is 3.17. The fourth-order valence-electron chi connectivity index (χ4n) is 0. The zero-order chi connectivity index (χ0) is 21.4. The molecule has 165 valence electrons. The summed E-state index contributed by atoms with van der Waals surface area (Å²) in [6, 6.07) is 0. The molecule has 6 heteroatoms. The van der Waals surface area contributed by atoms with Crippen LogP contribution in [0.25, 0.3) is 0 Å². The molecule has 0 unspecified atom stereocenters. The summed E-state index contributed by atoms with van der Waals surface area (Å²) in [7, 11) is 0. The Hall–Kier alpha value is 0.384. The van der Waals surface area contributed by atoms with Gasteiger partial charge in [0.15, 0.2) is 0 Å². The van der Waals surface area contributed by atoms with Gasteiger partial charge < -0.3 is 25.5 Å². The van der Waals surface area contributed by atoms with Crippen molar-refractivity contribution in [3.8, 4) is 0 Å². The molecule has 0 saturated carbocycles. The van der Waals surface area contributed by atoms with Crippen LogP contribution in [0.15, 0.2) is 0 Å². The minimum absolute atomic E-state index is 0. The fraction of sp³-hybridized carbons (Fsp3) is 1.00. The van der Waals surface area contributed by atoms with Crippen LogP contribution in [0, 0.1) is 29.6 Å². The van der Waals surface area contributed by atoms with Crippen molar-refractivity contribution in [1.82, 2.24) is 0 Å². The smallest absolute Gasteiger partial charge is 0.0453 e. The van der Waals surface area contributed by atoms with Crippen molar-refractivity contribution in [3.63, 3.8) is 0 Å². The van der Waals surface area contributed by atoms with Gasteiger partial charge in [-0.2, -0.15) is 0 Å². The number of hydrogen-bond donors (Lipinski definition) is 5. The Kier molecular flexibility index (Phi) is 57.2. The molecular weight excluding hydrogens is 371 g/mol. The van der Waals surface area contributed by atoms with Crippen molar-refractivity contribution in [2.45, 2.75) is 69.2 Å². The molecule has 0 aliphatic heterocycles. The van der Waals surface area contributed by atoms with E-state index in [0.717, 1.165) is 0 Å². The number of hydrogen-bond acceptors (Lipinski definition) is 5. The van der Waals surface area contributed by atoms with Crippen molar-refractivity contribution in [1.29, 1.82) is 0 Å². The van der Waals surface area contributed by atoms with E-state index in [9.17, 15) is 0 Å². The Bertz CT molecular complexity index is 141. The van der Waals surface area contributed by atoms with E-state index < -0.39 is 0 Å². The van der Waals surface area contributed by atoms with E-state index in [2.05, 4.69) is 0 Å². The molecule has 5 nitrogen and oxygen atoms in total. The van der Waals surface area contributed by atoms with Crippen LogP contribution in [0.3, 0.4) is 0 Å². The maximum absolute atomic E-state index is 8.14. The standard InChI is InChI=1S/5C4H10O.V/c5*1-4(2)3-5;/h5*4-5H,3H2,1-2H3;. The predicted molar refractivity (Wildman–Crippen MR) is 110 cm³/mol. The molecule has 0 aromatic carbocycles. The molecule has 26 heavy (non-hydrogen) atoms. The van der Waals surface area contributed by atoms with Gasteiger partial charge in [-0.15, -0.1) is 0 Å². The number of aliphatic hydroxyl groups is 5. The van der Waals surface area contributed by atoms with Gasteiger partial charge in [-0.25, -0.2) is 0 Å². The average molecular weight is 422 g/mol. The van der Waals surface area contributed by atoms with Crippen LogP contribution in [0.1, 0.15) is 69.2 Å². The van der Waals surface area contributed by atoms with E-state index in [0.29, 0.717) is 62.6 Å². The Morgan fingerprint density at radius 2 is 0.385 bits per heavy atom. The molecule has 0 spiro atoms. The van der Waals surface area contributed by atoms with Crippen LogP contribution in [0.5, 0.6) is 0 Å². The van der Waals surface area contributed by atoms with Gasteiger partial charge in [-0.3, -0.25) is 0 Å². The van der Waals surface area contributed by atoms with Crippen LogP contribution in [0.2, 0.25) is 0 Å². The normalized spacial score (nSPS) is 9.23. The van der Waals surface area contributed by atoms with E-state index in [1.807, 2.05) is 69.2 Å². The first kappa shape index (κ1) is 40.9. The quantitative estimate of drug-likeness (QED) is 0.469. The third-order valence-corrected chi connectivity index (χ3v) is 1.83. The topological polar surface area (TPSA) is 101 Å². The van der Waals surface area contributed by atoms with Crippen molar-refractivity contribution < 1.29 is 44.1 Å². The minimum Gasteiger partial charge on any atom is -0.396 e. The van der Waals surface area contributed by atoms with E-state index in [-0.39, 0.29) is 18.6 Å². The molecule has 5 N–H and O–H groups in total. The molecule has 1 radical (unpaired) electrons. The summed E-state index contributed by atoms with van der Waals surface area (Å²) in [5, 5.41) is 40.7. The first-order valence-corrected chi connectivity index (χ1v) is 9.40. The molecule has 0 amide bonds. The molecule has 0 fully saturated rings. The second-order valence-electron chi connectivity index (χ2n) is 7.88. The van der Waals surface area contributed by atoms with Crippen LogP contribution < -0.4 is 0 Å². The van der Waals surface area contributed by atoms with Crippen molar-refractivity contribution >= 4 is 0 Å². The summed E-state index contributed by atoms with van der Waals surface area (Å²) >= 11 is 0. The third-order valence-electron chi connectivity index (χ3n) is 1.83. The zero-order valence-corrected chi connectivity index (χ0v) is 20.5. The maximum Gasteiger partial charge on any atom is 0.0453 e. The molecule has 0 aromatic heterocycles. The average Bonchev–Trinajstić information content (AvgIpc) is 2.56. The Balaban J connectivity index is -0.0000000476. The summed E-state index contributed by atoms with van der Waals surface area (Å²) in [6.07, 6.45) is 0. The number of rotatable bonds is 5. The van der Waals surface area contributed by atoms with Gasteiger partial charge in [0, 0.05) is 51.6 Å². The molecule has 0 bridgehead atoms. The second kappa shape index (κ2) is 36.3. The van der Waals surface area contributed by atoms with E-state index in [1.54, 1.807) is 0 Å². The number of aliphatic hydroxyl groups excluding tert-OH is 5. The second-order valence-corrected chi connectivity index (χ2v) is 7.88. The minimum atomic E-state index is 0. The summed E-state index contributed by atoms with van der Waals surface area (Å²) < 4.78 is 0. The monoisotopic (exact) mass is 421 g/mol. The summed E-state index contributed by atoms with van der Waals surface area (Å²) in [6.45, 7) is 21.2. The third kappa shape index (κ3) is 124. The molecule has 0 atom stereocenters. The summed E-state index contributed by atoms with van der Waals surface area (Å²) in [5.41, 5.74) is 0. The van der Waals surface area contributed by atoms with Gasteiger partial charge in [-0.1, -0.05) is 69.2 Å². The molecule has 0 aromatic rings. The van der Waals surface area contributed by atoms with Crippen LogP contribution in [-0.4, -0.2) is 58.6 Å². The first-order chi connectivity index (χ1) is 11.4. The van der Waals surface area contributed by atoms with Crippen LogP contribution in [0.4, 0.5) is 0 Å². The maximum atomic E-state index is 8.14. The SMILES string of the molecule is CC(C)CO.CC(C)CO.CC(C)CO.CC(C)CO.CC(C)CO.[V]. The Morgan fingerprint density at radius 3 is 0.385 bits per heavy atom.